The Kier molecular flexibility index (Phi) is 28.2. The van der Waals surface area contributed by atoms with E-state index in [0.717, 1.165) is 59.2 Å². The van der Waals surface area contributed by atoms with Crippen molar-refractivity contribution in [3.63, 3.8) is 0 Å². The summed E-state index contributed by atoms with van der Waals surface area (Å²) in [6.45, 7) is 0. The van der Waals surface area contributed by atoms with Crippen LogP contribution in [0.1, 0.15) is 430 Å². The molecule has 22 saturated carbocycles. The van der Waals surface area contributed by atoms with Gasteiger partial charge < -0.3 is 0 Å². The lowest BCUT2D eigenvalue weighted by Gasteiger charge is -2.48. The third-order valence-electron chi connectivity index (χ3n) is 33.5. The fourth-order valence-corrected chi connectivity index (χ4v) is 27.1. The van der Waals surface area contributed by atoms with Gasteiger partial charge in [0.2, 0.25) is 0 Å². The first kappa shape index (κ1) is 69.5. The summed E-state index contributed by atoms with van der Waals surface area (Å²) < 4.78 is 0. The van der Waals surface area contributed by atoms with Crippen LogP contribution in [0.25, 0.3) is 0 Å². The Hall–Kier alpha value is 0. The molecule has 22 rings (SSSR count). The zero-order valence-corrected chi connectivity index (χ0v) is 61.2. The van der Waals surface area contributed by atoms with E-state index in [1.807, 2.05) is 0 Å². The Bertz CT molecular complexity index is 1800. The SMILES string of the molecule is C1CC2CC12.C1CC2CC2C1.C1CC2CCC2C1.C1CC2CCCC2C1.C1CCC2C(C1)CCC1CCCCC12.C1CCC2CC2C1.C1CCC2CC3CCCCC3CC2C1.C1CCC2CCCC2C1.C1CCC2CCCCC2C1.C1CCC2CCCCC2CC1. The van der Waals surface area contributed by atoms with Crippen molar-refractivity contribution in [3.05, 3.63) is 0 Å². The van der Waals surface area contributed by atoms with Gasteiger partial charge in [0.15, 0.2) is 0 Å². The van der Waals surface area contributed by atoms with E-state index in [1.165, 1.54) is 198 Å². The predicted molar refractivity (Wildman–Crippen MR) is 393 cm³/mol. The highest BCUT2D eigenvalue weighted by Crippen LogP contribution is 2.56. The molecule has 0 amide bonds. The molecule has 0 spiro atoms. The van der Waals surface area contributed by atoms with E-state index in [4.69, 9.17) is 0 Å². The largest absolute Gasteiger partial charge is 0.0533 e. The van der Waals surface area contributed by atoms with E-state index in [9.17, 15) is 0 Å². The summed E-state index contributed by atoms with van der Waals surface area (Å²) >= 11 is 0. The molecule has 0 aromatic carbocycles. The van der Waals surface area contributed by atoms with Crippen LogP contribution in [0.2, 0.25) is 0 Å². The van der Waals surface area contributed by atoms with E-state index in [-0.39, 0.29) is 0 Å². The zero-order valence-electron chi connectivity index (χ0n) is 61.2. The molecule has 22 aliphatic rings. The maximum Gasteiger partial charge on any atom is -0.0355 e. The molecule has 22 fully saturated rings. The first-order valence-electron chi connectivity index (χ1n) is 45.1. The van der Waals surface area contributed by atoms with Gasteiger partial charge >= 0.3 is 0 Å². The molecule has 0 heterocycles. The topological polar surface area (TPSA) is 0 Å². The van der Waals surface area contributed by atoms with Crippen LogP contribution in [-0.2, 0) is 0 Å². The minimum atomic E-state index is 1.14. The highest BCUT2D eigenvalue weighted by Gasteiger charge is 2.45. The summed E-state index contributed by atoms with van der Waals surface area (Å²) in [7, 11) is 0. The molecular weight excluding hydrogens is 1090 g/mol. The van der Waals surface area contributed by atoms with E-state index in [1.54, 1.807) is 315 Å². The molecule has 0 N–H and O–H groups in total. The first-order valence-corrected chi connectivity index (χ1v) is 45.1. The number of fused-ring (bicyclic) bond motifs is 13. The predicted octanol–water partition coefficient (Wildman–Crippen LogP) is 29.1. The summed E-state index contributed by atoms with van der Waals surface area (Å²) in [5.41, 5.74) is 0. The lowest BCUT2D eigenvalue weighted by atomic mass is 9.58. The van der Waals surface area contributed by atoms with E-state index < -0.39 is 0 Å². The Balaban J connectivity index is 0.0000000938. The van der Waals surface area contributed by atoms with Gasteiger partial charge in [-0.3, -0.25) is 0 Å². The zero-order chi connectivity index (χ0) is 61.2. The van der Waals surface area contributed by atoms with Crippen LogP contribution in [0, 0.1) is 142 Å². The van der Waals surface area contributed by atoms with Gasteiger partial charge in [-0.2, -0.15) is 0 Å². The van der Waals surface area contributed by atoms with Gasteiger partial charge in [0.25, 0.3) is 0 Å². The quantitative estimate of drug-likeness (QED) is 0.227. The van der Waals surface area contributed by atoms with Crippen molar-refractivity contribution >= 4 is 0 Å². The summed E-state index contributed by atoms with van der Waals surface area (Å²) in [5.74, 6) is 28.2. The molecule has 522 valence electrons. The Morgan fingerprint density at radius 3 is 0.396 bits per heavy atom. The minimum Gasteiger partial charge on any atom is -0.0533 e. The molecule has 20 unspecified atom stereocenters. The standard InChI is InChI=1S/2C14H24.C11H20.C10H18.C9H16.C8H14.2C7H12.C6H10.C5H8/c1-3-7-13-11(5-1)9-10-12-6-2-4-8-14(12)13;1-2-6-12-10-14-8-4-3-7-13(14)9-11(12)5-1;1-2-6-10-8-4-5-9-11(10)7-3-1;1-2-6-10-8-4-3-7-9(10)5-1;1-2-5-9-7-3-6-8(9)4-1;1-3-7-5-2-6-8(7)4-1;1-2-6-4-5-7(6)3-1;1-2-4-7-5-6(7)3-1;1-2-5-4-6(5)3-1;1-2-5-3-4(1)5/h2*11-14H,1-10H2;10-11H,1-9H2;9-10H,1-8H2;8-9H,1-7H2;7-8H,1-6H2;2*6-7H,1-5H2;5-6H,1-4H2;4-5H,1-3H2. The van der Waals surface area contributed by atoms with Crippen molar-refractivity contribution in [3.8, 4) is 0 Å². The molecule has 0 heteroatoms. The van der Waals surface area contributed by atoms with Crippen LogP contribution in [0.3, 0.4) is 0 Å². The monoisotopic (exact) mass is 1250 g/mol. The van der Waals surface area contributed by atoms with Gasteiger partial charge in [-0.1, -0.05) is 347 Å². The number of hydrogen-bond donors (Lipinski definition) is 0. The van der Waals surface area contributed by atoms with Crippen LogP contribution in [0.15, 0.2) is 0 Å². The van der Waals surface area contributed by atoms with Gasteiger partial charge in [0, 0.05) is 0 Å². The Morgan fingerprint density at radius 2 is 0.198 bits per heavy atom. The highest BCUT2D eigenvalue weighted by atomic mass is 14.5. The maximum atomic E-state index is 1.62. The van der Waals surface area contributed by atoms with Crippen LogP contribution >= 0.6 is 0 Å². The van der Waals surface area contributed by atoms with Crippen molar-refractivity contribution in [1.82, 2.24) is 0 Å². The second-order valence-electron chi connectivity index (χ2n) is 38.8. The van der Waals surface area contributed by atoms with Gasteiger partial charge in [-0.05, 0) is 226 Å². The number of hydrogen-bond acceptors (Lipinski definition) is 0. The van der Waals surface area contributed by atoms with E-state index in [2.05, 4.69) is 0 Å². The Labute approximate surface area is 569 Å². The van der Waals surface area contributed by atoms with Crippen molar-refractivity contribution in [2.24, 2.45) is 142 Å². The lowest BCUT2D eigenvalue weighted by molar-refractivity contribution is 0.0278. The Morgan fingerprint density at radius 1 is 0.0769 bits per heavy atom. The molecule has 20 atom stereocenters. The molecule has 0 radical (unpaired) electrons. The summed E-state index contributed by atoms with van der Waals surface area (Å²) in [5, 5.41) is 0. The highest BCUT2D eigenvalue weighted by molar-refractivity contribution is 4.96. The van der Waals surface area contributed by atoms with Crippen LogP contribution in [0.4, 0.5) is 0 Å². The molecular formula is C91H158. The fraction of sp³-hybridized carbons (Fsp3) is 1.00. The molecule has 22 aliphatic carbocycles. The molecule has 0 aromatic heterocycles. The van der Waals surface area contributed by atoms with Gasteiger partial charge in [-0.15, -0.1) is 0 Å². The molecule has 0 aliphatic heterocycles. The minimum absolute atomic E-state index is 1.14. The number of rotatable bonds is 0. The smallest absolute Gasteiger partial charge is 0.0355 e. The molecule has 0 saturated heterocycles. The van der Waals surface area contributed by atoms with Crippen molar-refractivity contribution in [1.29, 1.82) is 0 Å². The summed E-state index contributed by atoms with van der Waals surface area (Å²) in [4.78, 5) is 0. The maximum absolute atomic E-state index is 1.62. The summed E-state index contributed by atoms with van der Waals surface area (Å²) in [6, 6.07) is 0. The van der Waals surface area contributed by atoms with Crippen molar-refractivity contribution in [2.45, 2.75) is 430 Å². The van der Waals surface area contributed by atoms with Gasteiger partial charge in [0.1, 0.15) is 0 Å². The third kappa shape index (κ3) is 21.0. The average molecular weight is 1250 g/mol. The molecule has 0 nitrogen and oxygen atoms in total. The average Bonchev–Trinajstić information content (AvgIpc) is 1.91. The first-order chi connectivity index (χ1) is 45.1. The van der Waals surface area contributed by atoms with Crippen LogP contribution in [-0.4, -0.2) is 0 Å². The van der Waals surface area contributed by atoms with E-state index in [0.29, 0.717) is 0 Å². The normalized spacial score (nSPS) is 46.2. The second kappa shape index (κ2) is 36.9. The van der Waals surface area contributed by atoms with Crippen LogP contribution < -0.4 is 0 Å². The lowest BCUT2D eigenvalue weighted by Crippen LogP contribution is -2.38. The molecule has 0 aromatic rings. The van der Waals surface area contributed by atoms with Crippen molar-refractivity contribution < 1.29 is 0 Å². The van der Waals surface area contributed by atoms with Gasteiger partial charge in [0.05, 0.1) is 0 Å². The summed E-state index contributed by atoms with van der Waals surface area (Å²) in [6.07, 6.45) is 104. The molecule has 0 bridgehead atoms. The molecule has 91 heavy (non-hydrogen) atoms. The second-order valence-corrected chi connectivity index (χ2v) is 38.8. The van der Waals surface area contributed by atoms with Crippen LogP contribution in [0.5, 0.6) is 0 Å². The van der Waals surface area contributed by atoms with E-state index >= 15 is 0 Å². The van der Waals surface area contributed by atoms with Crippen molar-refractivity contribution in [2.75, 3.05) is 0 Å². The van der Waals surface area contributed by atoms with Gasteiger partial charge in [-0.25, -0.2) is 0 Å². The third-order valence-corrected chi connectivity index (χ3v) is 33.5. The fourth-order valence-electron chi connectivity index (χ4n) is 27.1.